The minimum Gasteiger partial charge on any atom is -0.475 e. The van der Waals surface area contributed by atoms with Crippen LogP contribution in [-0.2, 0) is 6.18 Å². The van der Waals surface area contributed by atoms with Gasteiger partial charge in [0.15, 0.2) is 0 Å². The number of ether oxygens (including phenoxy) is 1. The number of hydrogen-bond donors (Lipinski definition) is 0. The van der Waals surface area contributed by atoms with Gasteiger partial charge in [-0.25, -0.2) is 15.0 Å². The maximum Gasteiger partial charge on any atom is 0.417 e. The van der Waals surface area contributed by atoms with Gasteiger partial charge in [0.2, 0.25) is 5.88 Å². The van der Waals surface area contributed by atoms with Crippen molar-refractivity contribution in [3.63, 3.8) is 0 Å². The fourth-order valence-corrected chi connectivity index (χ4v) is 3.19. The number of rotatable bonds is 7. The summed E-state index contributed by atoms with van der Waals surface area (Å²) in [7, 11) is 0. The molecule has 0 aliphatic heterocycles. The Morgan fingerprint density at radius 3 is 2.34 bits per heavy atom. The van der Waals surface area contributed by atoms with Crippen LogP contribution in [0.5, 0.6) is 5.88 Å². The van der Waals surface area contributed by atoms with Gasteiger partial charge in [-0.3, -0.25) is 4.79 Å². The van der Waals surface area contributed by atoms with Gasteiger partial charge >= 0.3 is 6.18 Å². The second-order valence-electron chi connectivity index (χ2n) is 7.20. The smallest absolute Gasteiger partial charge is 0.417 e. The average Bonchev–Trinajstić information content (AvgIpc) is 2.78. The highest BCUT2D eigenvalue weighted by Gasteiger charge is 2.31. The van der Waals surface area contributed by atoms with Gasteiger partial charge in [-0.2, -0.15) is 13.2 Å². The van der Waals surface area contributed by atoms with Crippen LogP contribution < -0.4 is 4.74 Å². The first-order valence-electron chi connectivity index (χ1n) is 10.1. The molecule has 0 saturated heterocycles. The first kappa shape index (κ1) is 23.2. The molecule has 0 aliphatic rings. The van der Waals surface area contributed by atoms with Crippen molar-refractivity contribution < 1.29 is 22.7 Å². The van der Waals surface area contributed by atoms with Crippen LogP contribution in [0.2, 0.25) is 0 Å². The molecule has 1 amide bonds. The normalized spacial score (nSPS) is 12.3. The van der Waals surface area contributed by atoms with Gasteiger partial charge in [-0.1, -0.05) is 18.2 Å². The van der Waals surface area contributed by atoms with Crippen LogP contribution in [0, 0.1) is 6.92 Å². The Hall–Kier alpha value is -3.49. The van der Waals surface area contributed by atoms with Crippen molar-refractivity contribution in [3.8, 4) is 17.0 Å². The van der Waals surface area contributed by atoms with Crippen molar-refractivity contribution in [1.29, 1.82) is 0 Å². The molecule has 1 atom stereocenters. The second kappa shape index (κ2) is 9.76. The highest BCUT2D eigenvalue weighted by Crippen LogP contribution is 2.29. The van der Waals surface area contributed by atoms with Gasteiger partial charge in [0.05, 0.1) is 11.6 Å². The molecular formula is C23H23F3N4O2. The number of benzene rings is 1. The van der Waals surface area contributed by atoms with E-state index in [4.69, 9.17) is 4.74 Å². The number of alkyl halides is 3. The summed E-state index contributed by atoms with van der Waals surface area (Å²) < 4.78 is 43.6. The molecule has 1 aromatic carbocycles. The molecule has 2 heterocycles. The molecule has 0 fully saturated rings. The minimum absolute atomic E-state index is 0.0607. The first-order valence-corrected chi connectivity index (χ1v) is 10.1. The van der Waals surface area contributed by atoms with Crippen LogP contribution in [-0.4, -0.2) is 45.0 Å². The predicted octanol–water partition coefficient (Wildman–Crippen LogP) is 4.80. The largest absolute Gasteiger partial charge is 0.475 e. The third-order valence-corrected chi connectivity index (χ3v) is 4.92. The average molecular weight is 444 g/mol. The van der Waals surface area contributed by atoms with E-state index in [1.807, 2.05) is 26.0 Å². The zero-order valence-corrected chi connectivity index (χ0v) is 17.9. The summed E-state index contributed by atoms with van der Waals surface area (Å²) in [6, 6.07) is 8.93. The van der Waals surface area contributed by atoms with Gasteiger partial charge in [-0.15, -0.1) is 0 Å². The zero-order chi connectivity index (χ0) is 23.3. The Balaban J connectivity index is 1.74. The van der Waals surface area contributed by atoms with Crippen LogP contribution in [0.1, 0.15) is 35.6 Å². The lowest BCUT2D eigenvalue weighted by molar-refractivity contribution is -0.137. The third-order valence-electron chi connectivity index (χ3n) is 4.92. The number of likely N-dealkylation sites (N-methyl/N-ethyl adjacent to an activating group) is 1. The molecule has 0 aliphatic carbocycles. The fourth-order valence-electron chi connectivity index (χ4n) is 3.19. The number of aryl methyl sites for hydroxylation is 1. The van der Waals surface area contributed by atoms with Crippen molar-refractivity contribution in [2.75, 3.05) is 13.2 Å². The van der Waals surface area contributed by atoms with Crippen LogP contribution in [0.3, 0.4) is 0 Å². The molecule has 9 heteroatoms. The quantitative estimate of drug-likeness (QED) is 0.524. The van der Waals surface area contributed by atoms with E-state index in [1.54, 1.807) is 36.4 Å². The van der Waals surface area contributed by atoms with E-state index in [2.05, 4.69) is 15.0 Å². The van der Waals surface area contributed by atoms with Gasteiger partial charge < -0.3 is 9.64 Å². The van der Waals surface area contributed by atoms with Crippen molar-refractivity contribution in [3.05, 3.63) is 71.9 Å². The molecule has 0 saturated carbocycles. The van der Waals surface area contributed by atoms with Crippen molar-refractivity contribution >= 4 is 5.91 Å². The van der Waals surface area contributed by atoms with Crippen LogP contribution in [0.4, 0.5) is 13.2 Å². The SMILES string of the molecule is CCN(C(=O)c1ccccc1-c1cnc(C)nc1)C(C)COc1ccc(C(F)(F)F)cn1. The van der Waals surface area contributed by atoms with Gasteiger partial charge in [0, 0.05) is 42.3 Å². The van der Waals surface area contributed by atoms with E-state index in [0.29, 0.717) is 23.5 Å². The van der Waals surface area contributed by atoms with Crippen molar-refractivity contribution in [1.82, 2.24) is 19.9 Å². The molecule has 1 unspecified atom stereocenters. The van der Waals surface area contributed by atoms with Crippen molar-refractivity contribution in [2.24, 2.45) is 0 Å². The van der Waals surface area contributed by atoms with Gasteiger partial charge in [-0.05, 0) is 38.5 Å². The lowest BCUT2D eigenvalue weighted by Gasteiger charge is -2.28. The fraction of sp³-hybridized carbons (Fsp3) is 0.304. The maximum absolute atomic E-state index is 13.3. The van der Waals surface area contributed by atoms with Crippen LogP contribution in [0.15, 0.2) is 55.0 Å². The predicted molar refractivity (Wildman–Crippen MR) is 113 cm³/mol. The molecule has 32 heavy (non-hydrogen) atoms. The Kier molecular flexibility index (Phi) is 7.07. The summed E-state index contributed by atoms with van der Waals surface area (Å²) in [6.07, 6.45) is -0.385. The summed E-state index contributed by atoms with van der Waals surface area (Å²) in [4.78, 5) is 27.1. The Morgan fingerprint density at radius 1 is 1.06 bits per heavy atom. The Morgan fingerprint density at radius 2 is 1.75 bits per heavy atom. The summed E-state index contributed by atoms with van der Waals surface area (Å²) >= 11 is 0. The second-order valence-corrected chi connectivity index (χ2v) is 7.20. The molecular weight excluding hydrogens is 421 g/mol. The summed E-state index contributed by atoms with van der Waals surface area (Å²) in [5.74, 6) is 0.501. The Labute approximate surface area is 184 Å². The maximum atomic E-state index is 13.3. The lowest BCUT2D eigenvalue weighted by atomic mass is 10.0. The van der Waals surface area contributed by atoms with Gasteiger partial charge in [0.1, 0.15) is 12.4 Å². The molecule has 3 aromatic rings. The molecule has 0 N–H and O–H groups in total. The van der Waals surface area contributed by atoms with E-state index in [9.17, 15) is 18.0 Å². The third kappa shape index (κ3) is 5.40. The number of aromatic nitrogens is 3. The zero-order valence-electron chi connectivity index (χ0n) is 17.9. The number of amides is 1. The van der Waals surface area contributed by atoms with E-state index in [1.165, 1.54) is 6.07 Å². The molecule has 3 rings (SSSR count). The van der Waals surface area contributed by atoms with E-state index < -0.39 is 11.7 Å². The number of nitrogens with zero attached hydrogens (tertiary/aromatic N) is 4. The van der Waals surface area contributed by atoms with Gasteiger partial charge in [0.25, 0.3) is 5.91 Å². The molecule has 0 bridgehead atoms. The molecule has 2 aromatic heterocycles. The number of halogens is 3. The monoisotopic (exact) mass is 444 g/mol. The highest BCUT2D eigenvalue weighted by atomic mass is 19.4. The number of carbonyl (C=O) groups is 1. The van der Waals surface area contributed by atoms with Crippen LogP contribution in [0.25, 0.3) is 11.1 Å². The highest BCUT2D eigenvalue weighted by molar-refractivity contribution is 6.00. The molecule has 0 radical (unpaired) electrons. The van der Waals surface area contributed by atoms with E-state index in [0.717, 1.165) is 17.8 Å². The van der Waals surface area contributed by atoms with E-state index >= 15 is 0 Å². The summed E-state index contributed by atoms with van der Waals surface area (Å²) in [6.45, 7) is 5.94. The number of hydrogen-bond acceptors (Lipinski definition) is 5. The minimum atomic E-state index is -4.46. The molecule has 0 spiro atoms. The topological polar surface area (TPSA) is 68.2 Å². The molecule has 6 nitrogen and oxygen atoms in total. The number of carbonyl (C=O) groups excluding carboxylic acids is 1. The van der Waals surface area contributed by atoms with Crippen LogP contribution >= 0.6 is 0 Å². The number of pyridine rings is 1. The Bertz CT molecular complexity index is 1050. The summed E-state index contributed by atoms with van der Waals surface area (Å²) in [5, 5.41) is 0. The lowest BCUT2D eigenvalue weighted by Crippen LogP contribution is -2.42. The van der Waals surface area contributed by atoms with Crippen molar-refractivity contribution in [2.45, 2.75) is 33.0 Å². The molecule has 168 valence electrons. The first-order chi connectivity index (χ1) is 15.2. The van der Waals surface area contributed by atoms with E-state index in [-0.39, 0.29) is 24.4 Å². The summed E-state index contributed by atoms with van der Waals surface area (Å²) in [5.41, 5.74) is 1.10. The standard InChI is InChI=1S/C23H23F3N4O2/c1-4-30(15(2)14-32-21-10-9-18(13-29-21)23(24,25)26)22(31)20-8-6-5-7-19(20)17-11-27-16(3)28-12-17/h5-13,15H,4,14H2,1-3H3.